The van der Waals surface area contributed by atoms with E-state index < -0.39 is 36.2 Å². The van der Waals surface area contributed by atoms with Gasteiger partial charge in [0.2, 0.25) is 0 Å². The fraction of sp³-hybridized carbons (Fsp3) is 0.143. The van der Waals surface area contributed by atoms with Crippen molar-refractivity contribution in [3.05, 3.63) is 28.4 Å². The van der Waals surface area contributed by atoms with E-state index in [-0.39, 0.29) is 59.1 Å². The first kappa shape index (κ1) is 22.9. The molecule has 1 aromatic rings. The maximum atomic E-state index is 11.9. The molecule has 0 aromatic heterocycles. The molecule has 0 bridgehead atoms. The van der Waals surface area contributed by atoms with Crippen LogP contribution in [0, 0.1) is 0 Å². The van der Waals surface area contributed by atoms with Gasteiger partial charge >= 0.3 is 64.6 Å². The summed E-state index contributed by atoms with van der Waals surface area (Å²) in [6.45, 7) is 0. The van der Waals surface area contributed by atoms with Crippen molar-refractivity contribution in [1.29, 1.82) is 0 Å². The predicted octanol–water partition coefficient (Wildman–Crippen LogP) is -5.32. The quantitative estimate of drug-likeness (QED) is 0.507. The summed E-state index contributed by atoms with van der Waals surface area (Å²) in [5.74, 6) is -0.590. The molecule has 6 nitrogen and oxygen atoms in total. The summed E-state index contributed by atoms with van der Waals surface area (Å²) in [5, 5.41) is 10.7. The van der Waals surface area contributed by atoms with Crippen molar-refractivity contribution in [3.63, 3.8) is 0 Å². The van der Waals surface area contributed by atoms with Gasteiger partial charge in [-0.3, -0.25) is 0 Å². The largest absolute Gasteiger partial charge is 1.00 e. The molecule has 0 N–H and O–H groups in total. The molecule has 0 saturated heterocycles. The number of benzene rings is 1. The van der Waals surface area contributed by atoms with Crippen LogP contribution in [0.4, 0.5) is 13.2 Å². The van der Waals surface area contributed by atoms with E-state index >= 15 is 0 Å². The van der Waals surface area contributed by atoms with Crippen LogP contribution in [0.2, 0.25) is 0 Å². The summed E-state index contributed by atoms with van der Waals surface area (Å²) in [4.78, 5) is -0.824. The molecular formula is C7H4F3NNa2O5S2. The second kappa shape index (κ2) is 7.79. The van der Waals surface area contributed by atoms with E-state index in [1.165, 1.54) is 0 Å². The van der Waals surface area contributed by atoms with E-state index in [0.717, 1.165) is 12.1 Å². The van der Waals surface area contributed by atoms with Crippen LogP contribution in [0.3, 0.4) is 0 Å². The molecule has 0 unspecified atom stereocenters. The Labute approximate surface area is 157 Å². The zero-order valence-electron chi connectivity index (χ0n) is 10.2. The molecule has 0 amide bonds. The van der Waals surface area contributed by atoms with Crippen LogP contribution in [-0.4, -0.2) is 22.3 Å². The van der Waals surface area contributed by atoms with E-state index in [9.17, 15) is 35.1 Å². The smallest absolute Gasteiger partial charge is 0.872 e. The number of alkyl halides is 3. The molecule has 1 aromatic carbocycles. The summed E-state index contributed by atoms with van der Waals surface area (Å²) in [5.41, 5.74) is -5.81. The van der Waals surface area contributed by atoms with Gasteiger partial charge in [0, 0.05) is 4.90 Å². The molecule has 0 aliphatic heterocycles. The molecule has 1 rings (SSSR count). The minimum absolute atomic E-state index is 0. The Kier molecular flexibility index (Phi) is 8.93. The summed E-state index contributed by atoms with van der Waals surface area (Å²) < 4.78 is 81.3. The summed E-state index contributed by atoms with van der Waals surface area (Å²) >= 11 is 0. The van der Waals surface area contributed by atoms with Crippen molar-refractivity contribution in [1.82, 2.24) is 0 Å². The molecule has 13 heteroatoms. The Bertz CT molecular complexity index is 642. The molecule has 0 spiro atoms. The molecule has 20 heavy (non-hydrogen) atoms. The van der Waals surface area contributed by atoms with E-state index in [2.05, 4.69) is 0 Å². The van der Waals surface area contributed by atoms with Gasteiger partial charge < -0.3 is 9.23 Å². The Morgan fingerprint density at radius 2 is 1.35 bits per heavy atom. The molecule has 0 aliphatic carbocycles. The average Bonchev–Trinajstić information content (AvgIpc) is 2.14. The van der Waals surface area contributed by atoms with Gasteiger partial charge in [0.1, 0.15) is 10.0 Å². The number of halogens is 3. The monoisotopic (exact) mass is 349 g/mol. The van der Waals surface area contributed by atoms with Crippen molar-refractivity contribution in [2.45, 2.75) is 10.4 Å². The number of hydrogen-bond donors (Lipinski definition) is 0. The standard InChI is InChI=1S/C7H5F3NO5S2.2Na/c8-7(9,10)18(15,16)11-17(13,14)6-3-1-5(12)2-4-6;;/h1-4,12H;;/q-1;2*+1/p-1. The van der Waals surface area contributed by atoms with E-state index in [4.69, 9.17) is 0 Å². The van der Waals surface area contributed by atoms with Crippen LogP contribution in [0.5, 0.6) is 5.75 Å². The SMILES string of the molecule is O=S(=O)([N-]S(=O)(=O)C(F)(F)F)c1ccc([O-])cc1.[Na+].[Na+]. The van der Waals surface area contributed by atoms with Crippen molar-refractivity contribution in [2.75, 3.05) is 0 Å². The van der Waals surface area contributed by atoms with Gasteiger partial charge in [-0.25, -0.2) is 16.8 Å². The molecule has 0 aliphatic rings. The fourth-order valence-corrected chi connectivity index (χ4v) is 3.02. The zero-order chi connectivity index (χ0) is 14.2. The maximum Gasteiger partial charge on any atom is 1.00 e. The molecule has 0 fully saturated rings. The zero-order valence-corrected chi connectivity index (χ0v) is 15.9. The van der Waals surface area contributed by atoms with Crippen molar-refractivity contribution in [3.8, 4) is 5.75 Å². The van der Waals surface area contributed by atoms with Crippen LogP contribution >= 0.6 is 0 Å². The van der Waals surface area contributed by atoms with E-state index in [0.29, 0.717) is 12.1 Å². The van der Waals surface area contributed by atoms with Gasteiger partial charge in [0.05, 0.1) is 0 Å². The molecule has 0 atom stereocenters. The minimum atomic E-state index is -6.15. The van der Waals surface area contributed by atoms with Gasteiger partial charge in [-0.15, -0.1) is 5.75 Å². The Morgan fingerprint density at radius 1 is 0.950 bits per heavy atom. The minimum Gasteiger partial charge on any atom is -0.872 e. The van der Waals surface area contributed by atoms with E-state index in [1.807, 2.05) is 4.13 Å². The molecule has 0 heterocycles. The number of hydrogen-bond acceptors (Lipinski definition) is 5. The fourth-order valence-electron chi connectivity index (χ4n) is 0.826. The third-order valence-corrected chi connectivity index (χ3v) is 4.63. The topological polar surface area (TPSA) is 105 Å². The van der Waals surface area contributed by atoms with Crippen molar-refractivity contribution in [2.24, 2.45) is 0 Å². The first-order chi connectivity index (χ1) is 7.96. The maximum absolute atomic E-state index is 11.9. The third kappa shape index (κ3) is 5.81. The summed E-state index contributed by atoms with van der Waals surface area (Å²) in [7, 11) is -11.2. The van der Waals surface area contributed by atoms with Crippen LogP contribution < -0.4 is 64.2 Å². The number of sulfonamides is 2. The van der Waals surface area contributed by atoms with Gasteiger partial charge in [0.15, 0.2) is 10.0 Å². The number of nitrogens with zero attached hydrogens (tertiary/aromatic N) is 1. The molecular weight excluding hydrogens is 345 g/mol. The van der Waals surface area contributed by atoms with Crippen molar-refractivity contribution >= 4 is 20.0 Å². The van der Waals surface area contributed by atoms with Gasteiger partial charge in [0.25, 0.3) is 0 Å². The Morgan fingerprint density at radius 3 is 1.70 bits per heavy atom. The van der Waals surface area contributed by atoms with Crippen molar-refractivity contribution < 1.29 is 94.2 Å². The van der Waals surface area contributed by atoms with Crippen LogP contribution in [0.1, 0.15) is 0 Å². The van der Waals surface area contributed by atoms with Crippen LogP contribution in [0.25, 0.3) is 4.13 Å². The van der Waals surface area contributed by atoms with Gasteiger partial charge in [-0.2, -0.15) is 13.2 Å². The Balaban J connectivity index is 0. The number of rotatable bonds is 3. The first-order valence-corrected chi connectivity index (χ1v) is 6.91. The average molecular weight is 349 g/mol. The van der Waals surface area contributed by atoms with E-state index in [1.54, 1.807) is 0 Å². The molecule has 0 saturated carbocycles. The second-order valence-corrected chi connectivity index (χ2v) is 6.37. The second-order valence-electron chi connectivity index (χ2n) is 2.94. The first-order valence-electron chi connectivity index (χ1n) is 4.03. The molecule has 0 radical (unpaired) electrons. The van der Waals surface area contributed by atoms with Gasteiger partial charge in [-0.05, 0) is 12.1 Å². The Hall–Kier alpha value is 0.670. The van der Waals surface area contributed by atoms with Gasteiger partial charge in [-0.1, -0.05) is 12.1 Å². The third-order valence-electron chi connectivity index (χ3n) is 1.61. The molecule has 102 valence electrons. The summed E-state index contributed by atoms with van der Waals surface area (Å²) in [6, 6.07) is 2.82. The van der Waals surface area contributed by atoms with Crippen LogP contribution in [-0.2, 0) is 20.0 Å². The predicted molar refractivity (Wildman–Crippen MR) is 51.4 cm³/mol. The summed E-state index contributed by atoms with van der Waals surface area (Å²) in [6.07, 6.45) is 0. The van der Waals surface area contributed by atoms with Crippen LogP contribution in [0.15, 0.2) is 29.2 Å². The normalized spacial score (nSPS) is 12.2.